The van der Waals surface area contributed by atoms with E-state index in [0.717, 1.165) is 29.7 Å². The fourth-order valence-corrected chi connectivity index (χ4v) is 3.39. The van der Waals surface area contributed by atoms with E-state index in [4.69, 9.17) is 0 Å². The van der Waals surface area contributed by atoms with Gasteiger partial charge >= 0.3 is 0 Å². The molecule has 1 aromatic heterocycles. The van der Waals surface area contributed by atoms with Gasteiger partial charge in [0.25, 0.3) is 0 Å². The Kier molecular flexibility index (Phi) is 3.15. The number of para-hydroxylation sites is 1. The fraction of sp³-hybridized carbons (Fsp3) is 0.500. The Morgan fingerprint density at radius 1 is 1.33 bits per heavy atom. The summed E-state index contributed by atoms with van der Waals surface area (Å²) in [6.07, 6.45) is 6.58. The van der Waals surface area contributed by atoms with Gasteiger partial charge in [0.15, 0.2) is 0 Å². The molecule has 2 N–H and O–H groups in total. The lowest BCUT2D eigenvalue weighted by atomic mass is 10.1. The van der Waals surface area contributed by atoms with Gasteiger partial charge in [-0.15, -0.1) is 0 Å². The predicted molar refractivity (Wildman–Crippen MR) is 82.0 cm³/mol. The second kappa shape index (κ2) is 5.15. The average molecular weight is 284 g/mol. The average Bonchev–Trinajstić information content (AvgIpc) is 2.99. The van der Waals surface area contributed by atoms with Crippen molar-refractivity contribution >= 4 is 22.5 Å². The van der Waals surface area contributed by atoms with Crippen LogP contribution in [0.1, 0.15) is 25.7 Å². The number of aromatic amines is 1. The van der Waals surface area contributed by atoms with Gasteiger partial charge < -0.3 is 5.32 Å². The fourth-order valence-electron chi connectivity index (χ4n) is 3.39. The SMILES string of the molecule is O=C(Nc1cccc2cn[nH]c12)[C@@H](C1CC1)N1CCCC1. The molecule has 2 fully saturated rings. The summed E-state index contributed by atoms with van der Waals surface area (Å²) in [6, 6.07) is 5.93. The maximum Gasteiger partial charge on any atom is 0.242 e. The normalized spacial score (nSPS) is 20.8. The summed E-state index contributed by atoms with van der Waals surface area (Å²) >= 11 is 0. The van der Waals surface area contributed by atoms with Gasteiger partial charge in [-0.05, 0) is 50.8 Å². The molecule has 4 rings (SSSR count). The number of nitrogens with one attached hydrogen (secondary N) is 2. The molecule has 1 atom stereocenters. The van der Waals surface area contributed by atoms with Crippen LogP contribution < -0.4 is 5.32 Å². The molecule has 1 saturated heterocycles. The first kappa shape index (κ1) is 12.8. The third kappa shape index (κ3) is 2.42. The van der Waals surface area contributed by atoms with E-state index in [1.54, 1.807) is 6.20 Å². The van der Waals surface area contributed by atoms with Crippen molar-refractivity contribution in [1.82, 2.24) is 15.1 Å². The van der Waals surface area contributed by atoms with Crippen LogP contribution in [0, 0.1) is 5.92 Å². The molecule has 110 valence electrons. The van der Waals surface area contributed by atoms with E-state index in [-0.39, 0.29) is 11.9 Å². The van der Waals surface area contributed by atoms with Crippen LogP contribution in [-0.2, 0) is 4.79 Å². The van der Waals surface area contributed by atoms with E-state index in [2.05, 4.69) is 20.4 Å². The van der Waals surface area contributed by atoms with E-state index in [9.17, 15) is 4.79 Å². The topological polar surface area (TPSA) is 61.0 Å². The quantitative estimate of drug-likeness (QED) is 0.906. The number of anilines is 1. The van der Waals surface area contributed by atoms with Crippen LogP contribution in [0.5, 0.6) is 0 Å². The molecule has 1 saturated carbocycles. The van der Waals surface area contributed by atoms with Gasteiger partial charge in [0.2, 0.25) is 5.91 Å². The van der Waals surface area contributed by atoms with Crippen LogP contribution in [0.4, 0.5) is 5.69 Å². The number of amides is 1. The maximum absolute atomic E-state index is 12.8. The van der Waals surface area contributed by atoms with Crippen molar-refractivity contribution in [1.29, 1.82) is 0 Å². The Morgan fingerprint density at radius 2 is 2.14 bits per heavy atom. The lowest BCUT2D eigenvalue weighted by Gasteiger charge is -2.26. The van der Waals surface area contributed by atoms with Gasteiger partial charge in [-0.2, -0.15) is 5.10 Å². The van der Waals surface area contributed by atoms with Crippen molar-refractivity contribution in [2.75, 3.05) is 18.4 Å². The Bertz CT molecular complexity index is 655. The third-order valence-electron chi connectivity index (χ3n) is 4.61. The van der Waals surface area contributed by atoms with Crippen LogP contribution in [0.15, 0.2) is 24.4 Å². The maximum atomic E-state index is 12.8. The summed E-state index contributed by atoms with van der Waals surface area (Å²) in [5.41, 5.74) is 1.74. The lowest BCUT2D eigenvalue weighted by Crippen LogP contribution is -2.44. The first-order valence-electron chi connectivity index (χ1n) is 7.80. The number of aromatic nitrogens is 2. The van der Waals surface area contributed by atoms with Gasteiger partial charge in [0.1, 0.15) is 0 Å². The Labute approximate surface area is 123 Å². The highest BCUT2D eigenvalue weighted by Crippen LogP contribution is 2.37. The van der Waals surface area contributed by atoms with Crippen LogP contribution in [-0.4, -0.2) is 40.1 Å². The summed E-state index contributed by atoms with van der Waals surface area (Å²) in [5, 5.41) is 11.2. The highest BCUT2D eigenvalue weighted by molar-refractivity contribution is 6.02. The summed E-state index contributed by atoms with van der Waals surface area (Å²) in [6.45, 7) is 2.12. The summed E-state index contributed by atoms with van der Waals surface area (Å²) in [5.74, 6) is 0.686. The van der Waals surface area contributed by atoms with Crippen molar-refractivity contribution in [2.24, 2.45) is 5.92 Å². The minimum Gasteiger partial charge on any atom is -0.323 e. The number of rotatable bonds is 4. The summed E-state index contributed by atoms with van der Waals surface area (Å²) in [4.78, 5) is 15.1. The molecule has 0 radical (unpaired) electrons. The van der Waals surface area contributed by atoms with Crippen LogP contribution >= 0.6 is 0 Å². The number of hydrogen-bond acceptors (Lipinski definition) is 3. The Balaban J connectivity index is 1.57. The molecule has 1 amide bonds. The molecule has 0 spiro atoms. The second-order valence-corrected chi connectivity index (χ2v) is 6.15. The van der Waals surface area contributed by atoms with Gasteiger partial charge in [-0.25, -0.2) is 0 Å². The van der Waals surface area contributed by atoms with Gasteiger partial charge in [0.05, 0.1) is 23.4 Å². The summed E-state index contributed by atoms with van der Waals surface area (Å²) in [7, 11) is 0. The molecular formula is C16H20N4O. The molecule has 2 heterocycles. The largest absolute Gasteiger partial charge is 0.323 e. The highest BCUT2D eigenvalue weighted by atomic mass is 16.2. The number of benzene rings is 1. The van der Waals surface area contributed by atoms with Crippen molar-refractivity contribution < 1.29 is 4.79 Å². The zero-order valence-electron chi connectivity index (χ0n) is 12.0. The van der Waals surface area contributed by atoms with Gasteiger partial charge in [-0.1, -0.05) is 12.1 Å². The number of hydrogen-bond donors (Lipinski definition) is 2. The lowest BCUT2D eigenvalue weighted by molar-refractivity contribution is -0.121. The molecule has 5 heteroatoms. The standard InChI is InChI=1S/C16H20N4O/c21-16(15(11-6-7-11)20-8-1-2-9-20)18-13-5-3-4-12-10-17-19-14(12)13/h3-5,10-11,15H,1-2,6-9H2,(H,17,19)(H,18,21)/t15-/m1/s1. The van der Waals surface area contributed by atoms with Crippen molar-refractivity contribution in [3.8, 4) is 0 Å². The molecule has 1 aliphatic heterocycles. The molecule has 21 heavy (non-hydrogen) atoms. The first-order chi connectivity index (χ1) is 10.3. The molecule has 1 aromatic carbocycles. The molecule has 0 bridgehead atoms. The first-order valence-corrected chi connectivity index (χ1v) is 7.80. The minimum atomic E-state index is 0.0469. The van der Waals surface area contributed by atoms with Crippen LogP contribution in [0.25, 0.3) is 10.9 Å². The Hall–Kier alpha value is -1.88. The van der Waals surface area contributed by atoms with Crippen molar-refractivity contribution in [2.45, 2.75) is 31.7 Å². The smallest absolute Gasteiger partial charge is 0.242 e. The van der Waals surface area contributed by atoms with E-state index in [0.29, 0.717) is 5.92 Å². The van der Waals surface area contributed by atoms with E-state index < -0.39 is 0 Å². The number of fused-ring (bicyclic) bond motifs is 1. The van der Waals surface area contributed by atoms with Crippen molar-refractivity contribution in [3.63, 3.8) is 0 Å². The number of carbonyl (C=O) groups is 1. The van der Waals surface area contributed by atoms with E-state index >= 15 is 0 Å². The number of H-pyrrole nitrogens is 1. The van der Waals surface area contributed by atoms with Crippen LogP contribution in [0.3, 0.4) is 0 Å². The third-order valence-corrected chi connectivity index (χ3v) is 4.61. The molecule has 0 unspecified atom stereocenters. The zero-order valence-corrected chi connectivity index (χ0v) is 12.0. The summed E-state index contributed by atoms with van der Waals surface area (Å²) < 4.78 is 0. The number of nitrogens with zero attached hydrogens (tertiary/aromatic N) is 2. The highest BCUT2D eigenvalue weighted by Gasteiger charge is 2.40. The number of likely N-dealkylation sites (tertiary alicyclic amines) is 1. The van der Waals surface area contributed by atoms with Gasteiger partial charge in [0, 0.05) is 5.39 Å². The molecular weight excluding hydrogens is 264 g/mol. The molecule has 2 aliphatic rings. The van der Waals surface area contributed by atoms with Crippen molar-refractivity contribution in [3.05, 3.63) is 24.4 Å². The van der Waals surface area contributed by atoms with E-state index in [1.165, 1.54) is 25.7 Å². The minimum absolute atomic E-state index is 0.0469. The predicted octanol–water partition coefficient (Wildman–Crippen LogP) is 2.38. The molecule has 1 aliphatic carbocycles. The zero-order chi connectivity index (χ0) is 14.2. The second-order valence-electron chi connectivity index (χ2n) is 6.15. The monoisotopic (exact) mass is 284 g/mol. The molecule has 5 nitrogen and oxygen atoms in total. The van der Waals surface area contributed by atoms with E-state index in [1.807, 2.05) is 18.2 Å². The van der Waals surface area contributed by atoms with Gasteiger partial charge in [-0.3, -0.25) is 14.8 Å². The Morgan fingerprint density at radius 3 is 2.90 bits per heavy atom. The number of carbonyl (C=O) groups excluding carboxylic acids is 1. The van der Waals surface area contributed by atoms with Crippen LogP contribution in [0.2, 0.25) is 0 Å². The molecule has 2 aromatic rings.